The average Bonchev–Trinajstić information content (AvgIpc) is 2.24. The maximum absolute atomic E-state index is 13.7. The molecule has 0 radical (unpaired) electrons. The summed E-state index contributed by atoms with van der Waals surface area (Å²) < 4.78 is 32.2. The van der Waals surface area contributed by atoms with Crippen molar-refractivity contribution in [1.29, 1.82) is 0 Å². The zero-order chi connectivity index (χ0) is 13.2. The van der Waals surface area contributed by atoms with Gasteiger partial charge in [0, 0.05) is 7.11 Å². The highest BCUT2D eigenvalue weighted by molar-refractivity contribution is 9.10. The van der Waals surface area contributed by atoms with Gasteiger partial charge in [-0.1, -0.05) is 13.8 Å². The number of Topliss-reactive ketones (excluding diaryl/α,β-unsaturated/α-hetero) is 1. The molecular formula is C12H13BrF2O2. The summed E-state index contributed by atoms with van der Waals surface area (Å²) in [6.45, 7) is 3.50. The predicted octanol–water partition coefficient (Wildman–Crippen LogP) is 3.58. The summed E-state index contributed by atoms with van der Waals surface area (Å²) in [5.74, 6) is -2.61. The first-order chi connectivity index (χ1) is 7.90. The minimum atomic E-state index is -0.891. The van der Waals surface area contributed by atoms with E-state index in [0.717, 1.165) is 6.07 Å². The lowest BCUT2D eigenvalue weighted by atomic mass is 9.97. The van der Waals surface area contributed by atoms with Crippen LogP contribution in [0.2, 0.25) is 0 Å². The van der Waals surface area contributed by atoms with E-state index in [2.05, 4.69) is 15.9 Å². The maximum Gasteiger partial charge on any atom is 0.197 e. The summed E-state index contributed by atoms with van der Waals surface area (Å²) in [4.78, 5) is 12.0. The molecule has 0 saturated carbocycles. The largest absolute Gasteiger partial charge is 0.373 e. The van der Waals surface area contributed by atoms with Crippen molar-refractivity contribution in [3.8, 4) is 0 Å². The van der Waals surface area contributed by atoms with Gasteiger partial charge in [-0.05, 0) is 34.0 Å². The maximum atomic E-state index is 13.7. The second-order valence-corrected chi connectivity index (χ2v) is 4.84. The van der Waals surface area contributed by atoms with Gasteiger partial charge in [0.05, 0.1) is 10.0 Å². The summed E-state index contributed by atoms with van der Waals surface area (Å²) in [5, 5.41) is 0. The first-order valence-corrected chi connectivity index (χ1v) is 5.90. The fourth-order valence-corrected chi connectivity index (χ4v) is 1.91. The van der Waals surface area contributed by atoms with E-state index in [-0.39, 0.29) is 10.4 Å². The van der Waals surface area contributed by atoms with Crippen LogP contribution in [0.5, 0.6) is 0 Å². The highest BCUT2D eigenvalue weighted by Gasteiger charge is 2.29. The van der Waals surface area contributed by atoms with Gasteiger partial charge in [-0.25, -0.2) is 8.78 Å². The van der Waals surface area contributed by atoms with Gasteiger partial charge in [-0.15, -0.1) is 0 Å². The van der Waals surface area contributed by atoms with E-state index < -0.39 is 29.1 Å². The van der Waals surface area contributed by atoms with Crippen molar-refractivity contribution in [3.05, 3.63) is 33.8 Å². The molecule has 0 aliphatic carbocycles. The summed E-state index contributed by atoms with van der Waals surface area (Å²) in [5.41, 5.74) is -0.556. The van der Waals surface area contributed by atoms with Gasteiger partial charge in [0.2, 0.25) is 0 Å². The van der Waals surface area contributed by atoms with Gasteiger partial charge < -0.3 is 4.74 Å². The third-order valence-corrected chi connectivity index (χ3v) is 3.02. The molecular weight excluding hydrogens is 294 g/mol. The third-order valence-electron chi connectivity index (χ3n) is 2.41. The van der Waals surface area contributed by atoms with Crippen LogP contribution in [0, 0.1) is 17.6 Å². The van der Waals surface area contributed by atoms with E-state index >= 15 is 0 Å². The summed E-state index contributed by atoms with van der Waals surface area (Å²) in [6.07, 6.45) is -0.853. The topological polar surface area (TPSA) is 26.3 Å². The van der Waals surface area contributed by atoms with Crippen molar-refractivity contribution >= 4 is 21.7 Å². The number of hydrogen-bond acceptors (Lipinski definition) is 2. The smallest absolute Gasteiger partial charge is 0.197 e. The fourth-order valence-electron chi connectivity index (χ4n) is 1.58. The average molecular weight is 307 g/mol. The van der Waals surface area contributed by atoms with Crippen molar-refractivity contribution in [3.63, 3.8) is 0 Å². The van der Waals surface area contributed by atoms with Gasteiger partial charge in [-0.2, -0.15) is 0 Å². The molecule has 1 atom stereocenters. The molecule has 0 aliphatic rings. The van der Waals surface area contributed by atoms with Crippen LogP contribution < -0.4 is 0 Å². The Bertz CT molecular complexity index is 433. The molecule has 1 unspecified atom stereocenters. The molecule has 0 saturated heterocycles. The molecule has 0 aromatic heterocycles. The Morgan fingerprint density at radius 3 is 2.41 bits per heavy atom. The van der Waals surface area contributed by atoms with E-state index in [1.807, 2.05) is 0 Å². The lowest BCUT2D eigenvalue weighted by molar-refractivity contribution is 0.0450. The molecule has 0 aliphatic heterocycles. The van der Waals surface area contributed by atoms with Gasteiger partial charge in [-0.3, -0.25) is 4.79 Å². The lowest BCUT2D eigenvalue weighted by Crippen LogP contribution is -2.30. The molecule has 2 nitrogen and oxygen atoms in total. The van der Waals surface area contributed by atoms with Crippen LogP contribution in [0.4, 0.5) is 8.78 Å². The number of halogens is 3. The second kappa shape index (κ2) is 5.69. The van der Waals surface area contributed by atoms with Crippen molar-refractivity contribution < 1.29 is 18.3 Å². The van der Waals surface area contributed by atoms with E-state index in [1.165, 1.54) is 13.2 Å². The monoisotopic (exact) mass is 306 g/mol. The number of rotatable bonds is 4. The summed E-state index contributed by atoms with van der Waals surface area (Å²) >= 11 is 2.92. The van der Waals surface area contributed by atoms with E-state index in [0.29, 0.717) is 0 Å². The Morgan fingerprint density at radius 1 is 1.35 bits per heavy atom. The Morgan fingerprint density at radius 2 is 1.94 bits per heavy atom. The van der Waals surface area contributed by atoms with Crippen molar-refractivity contribution in [2.75, 3.05) is 7.11 Å². The molecule has 1 aromatic carbocycles. The fraction of sp³-hybridized carbons (Fsp3) is 0.417. The molecule has 5 heteroatoms. The molecule has 0 N–H and O–H groups in total. The first kappa shape index (κ1) is 14.3. The number of ketones is 1. The quantitative estimate of drug-likeness (QED) is 0.628. The molecule has 0 fully saturated rings. The Labute approximate surface area is 107 Å². The molecule has 0 heterocycles. The minimum Gasteiger partial charge on any atom is -0.373 e. The Kier molecular flexibility index (Phi) is 4.77. The van der Waals surface area contributed by atoms with Crippen LogP contribution in [0.1, 0.15) is 24.2 Å². The number of carbonyl (C=O) groups is 1. The number of carbonyl (C=O) groups excluding carboxylic acids is 1. The van der Waals surface area contributed by atoms with Crippen LogP contribution in [0.15, 0.2) is 16.6 Å². The van der Waals surface area contributed by atoms with Crippen LogP contribution in [0.25, 0.3) is 0 Å². The molecule has 17 heavy (non-hydrogen) atoms. The molecule has 1 aromatic rings. The highest BCUT2D eigenvalue weighted by Crippen LogP contribution is 2.24. The van der Waals surface area contributed by atoms with Crippen molar-refractivity contribution in [2.45, 2.75) is 20.0 Å². The zero-order valence-electron chi connectivity index (χ0n) is 9.76. The summed E-state index contributed by atoms with van der Waals surface area (Å²) in [6, 6.07) is 2.27. The normalized spacial score (nSPS) is 12.9. The lowest BCUT2D eigenvalue weighted by Gasteiger charge is -2.18. The number of methoxy groups -OCH3 is 1. The molecule has 0 amide bonds. The van der Waals surface area contributed by atoms with Crippen molar-refractivity contribution in [1.82, 2.24) is 0 Å². The van der Waals surface area contributed by atoms with Crippen LogP contribution in [-0.2, 0) is 4.74 Å². The van der Waals surface area contributed by atoms with Gasteiger partial charge in [0.1, 0.15) is 11.9 Å². The standard InChI is InChI=1S/C12H13BrF2O2/c1-6(2)12(17-3)11(16)9-8(14)5-4-7(13)10(9)15/h4-6,12H,1-3H3. The van der Waals surface area contributed by atoms with Gasteiger partial charge in [0.25, 0.3) is 0 Å². The van der Waals surface area contributed by atoms with Gasteiger partial charge >= 0.3 is 0 Å². The Hall–Kier alpha value is -0.810. The first-order valence-electron chi connectivity index (χ1n) is 5.10. The number of hydrogen-bond donors (Lipinski definition) is 0. The van der Waals surface area contributed by atoms with Crippen LogP contribution >= 0.6 is 15.9 Å². The van der Waals surface area contributed by atoms with Crippen LogP contribution in [0.3, 0.4) is 0 Å². The molecule has 1 rings (SSSR count). The summed E-state index contributed by atoms with van der Waals surface area (Å²) in [7, 11) is 1.34. The highest BCUT2D eigenvalue weighted by atomic mass is 79.9. The molecule has 94 valence electrons. The molecule has 0 spiro atoms. The second-order valence-electron chi connectivity index (χ2n) is 3.98. The van der Waals surface area contributed by atoms with E-state index in [9.17, 15) is 13.6 Å². The SMILES string of the molecule is COC(C(=O)c1c(F)ccc(Br)c1F)C(C)C. The molecule has 0 bridgehead atoms. The Balaban J connectivity index is 3.24. The predicted molar refractivity (Wildman–Crippen MR) is 64.0 cm³/mol. The zero-order valence-corrected chi connectivity index (χ0v) is 11.3. The van der Waals surface area contributed by atoms with E-state index in [4.69, 9.17) is 4.74 Å². The van der Waals surface area contributed by atoms with Gasteiger partial charge in [0.15, 0.2) is 11.6 Å². The van der Waals surface area contributed by atoms with E-state index in [1.54, 1.807) is 13.8 Å². The number of benzene rings is 1. The van der Waals surface area contributed by atoms with Crippen LogP contribution in [-0.4, -0.2) is 19.0 Å². The minimum absolute atomic E-state index is 0.0564. The third kappa shape index (κ3) is 2.90. The number of ether oxygens (including phenoxy) is 1. The van der Waals surface area contributed by atoms with Crippen molar-refractivity contribution in [2.24, 2.45) is 5.92 Å².